The van der Waals surface area contributed by atoms with Gasteiger partial charge in [-0.05, 0) is 31.2 Å². The van der Waals surface area contributed by atoms with Crippen molar-refractivity contribution in [2.24, 2.45) is 0 Å². The molecule has 6 rings (SSSR count). The number of carbonyl (C=O) groups excluding carboxylic acids is 1. The predicted molar refractivity (Wildman–Crippen MR) is 155 cm³/mol. The highest BCUT2D eigenvalue weighted by Gasteiger charge is 2.47. The summed E-state index contributed by atoms with van der Waals surface area (Å²) in [6.45, 7) is 0.784. The summed E-state index contributed by atoms with van der Waals surface area (Å²) in [5, 5.41) is 2.55. The first-order valence-corrected chi connectivity index (χ1v) is 16.5. The lowest BCUT2D eigenvalue weighted by Crippen LogP contribution is -2.34. The van der Waals surface area contributed by atoms with Crippen molar-refractivity contribution < 1.29 is 39.6 Å². The minimum Gasteiger partial charge on any atom is -0.454 e. The third-order valence-electron chi connectivity index (χ3n) is 7.21. The Hall–Kier alpha value is -4.46. The fourth-order valence-electron chi connectivity index (χ4n) is 5.37. The molecule has 3 aromatic carbocycles. The normalized spacial score (nSPS) is 18.6. The van der Waals surface area contributed by atoms with Crippen molar-refractivity contribution in [1.29, 1.82) is 0 Å². The Morgan fingerprint density at radius 1 is 0.977 bits per heavy atom. The zero-order valence-corrected chi connectivity index (χ0v) is 25.1. The fraction of sp³-hybridized carbons (Fsp3) is 0.133. The Labute approximate surface area is 255 Å². The van der Waals surface area contributed by atoms with E-state index < -0.39 is 70.3 Å². The van der Waals surface area contributed by atoms with E-state index in [1.54, 1.807) is 30.3 Å². The molecule has 4 aromatic rings. The van der Waals surface area contributed by atoms with Crippen molar-refractivity contribution in [1.82, 2.24) is 5.32 Å². The molecule has 0 saturated carbocycles. The highest BCUT2D eigenvalue weighted by atomic mass is 35.5. The second-order valence-corrected chi connectivity index (χ2v) is 14.2. The van der Waals surface area contributed by atoms with E-state index in [9.17, 15) is 26.4 Å². The van der Waals surface area contributed by atoms with Gasteiger partial charge < -0.3 is 18.9 Å². The summed E-state index contributed by atoms with van der Waals surface area (Å²) in [6, 6.07) is 17.1. The zero-order chi connectivity index (χ0) is 31.4. The van der Waals surface area contributed by atoms with E-state index in [1.807, 2.05) is 0 Å². The summed E-state index contributed by atoms with van der Waals surface area (Å²) in [6.07, 6.45) is 0. The van der Waals surface area contributed by atoms with Crippen LogP contribution >= 0.6 is 11.6 Å². The fourth-order valence-corrected chi connectivity index (χ4v) is 9.69. The molecule has 1 unspecified atom stereocenters. The number of esters is 1. The summed E-state index contributed by atoms with van der Waals surface area (Å²) in [5.74, 6) is -5.67. The highest BCUT2D eigenvalue weighted by molar-refractivity contribution is 7.97. The van der Waals surface area contributed by atoms with Crippen LogP contribution in [0.5, 0.6) is 0 Å². The molecule has 0 saturated heterocycles. The van der Waals surface area contributed by atoms with Crippen molar-refractivity contribution in [2.75, 3.05) is 5.75 Å². The molecule has 2 aliphatic heterocycles. The average Bonchev–Trinajstić information content (AvgIpc) is 3.33. The monoisotopic (exact) mass is 657 g/mol. The molecule has 0 aliphatic carbocycles. The van der Waals surface area contributed by atoms with Gasteiger partial charge in [0, 0.05) is 27.5 Å². The summed E-state index contributed by atoms with van der Waals surface area (Å²) < 4.78 is 86.5. The smallest absolute Gasteiger partial charge is 0.454 e. The Morgan fingerprint density at radius 3 is 2.36 bits per heavy atom. The Morgan fingerprint density at radius 2 is 1.66 bits per heavy atom. The Bertz CT molecular complexity index is 2160. The lowest BCUT2D eigenvalue weighted by molar-refractivity contribution is -0.141. The van der Waals surface area contributed by atoms with Crippen LogP contribution in [0, 0.1) is 5.82 Å². The second kappa shape index (κ2) is 10.9. The van der Waals surface area contributed by atoms with Crippen LogP contribution in [0.15, 0.2) is 118 Å². The van der Waals surface area contributed by atoms with Crippen molar-refractivity contribution in [2.45, 2.75) is 29.2 Å². The van der Waals surface area contributed by atoms with Crippen LogP contribution in [0.4, 0.5) is 4.39 Å². The molecule has 10 nitrogen and oxygen atoms in total. The van der Waals surface area contributed by atoms with E-state index in [4.69, 9.17) is 25.2 Å². The SMILES string of the molecule is CC1=C(C(=O)OCc2oc(=O)oc2-c2ccccc2)C(c2c(F)cccc2Cl)C2=C(CS(=O)(=O)c3ccccc3S2(=O)=O)N1. The summed E-state index contributed by atoms with van der Waals surface area (Å²) in [7, 11) is -8.88. The lowest BCUT2D eigenvalue weighted by Gasteiger charge is -2.31. The zero-order valence-electron chi connectivity index (χ0n) is 22.7. The van der Waals surface area contributed by atoms with Gasteiger partial charge in [-0.3, -0.25) is 0 Å². The number of ether oxygens (including phenoxy) is 1. The number of fused-ring (bicyclic) bond motifs is 1. The molecule has 226 valence electrons. The molecule has 0 spiro atoms. The van der Waals surface area contributed by atoms with E-state index in [0.29, 0.717) is 5.56 Å². The maximum atomic E-state index is 15.6. The van der Waals surface area contributed by atoms with Crippen LogP contribution in [0.3, 0.4) is 0 Å². The molecule has 2 aliphatic rings. The first kappa shape index (κ1) is 29.6. The first-order chi connectivity index (χ1) is 20.9. The standard InChI is InChI=1S/C30H21ClFNO9S2/c1-16-24(29(34)40-14-21-27(42-30(35)41-21)17-8-3-2-4-9-17)26(25-18(31)10-7-11-19(25)32)28-20(33-16)15-43(36,37)22-12-5-6-13-23(22)44(28,38)39/h2-13,26,33H,14-15H2,1H3. The van der Waals surface area contributed by atoms with E-state index in [0.717, 1.165) is 12.1 Å². The van der Waals surface area contributed by atoms with Gasteiger partial charge in [-0.15, -0.1) is 0 Å². The van der Waals surface area contributed by atoms with Gasteiger partial charge in [0.2, 0.25) is 9.84 Å². The van der Waals surface area contributed by atoms with Crippen LogP contribution in [0.25, 0.3) is 11.3 Å². The molecule has 0 amide bonds. The van der Waals surface area contributed by atoms with E-state index in [-0.39, 0.29) is 39.1 Å². The third kappa shape index (κ3) is 4.96. The van der Waals surface area contributed by atoms with Crippen LogP contribution < -0.4 is 11.1 Å². The number of allylic oxidation sites excluding steroid dienone is 2. The van der Waals surface area contributed by atoms with Crippen LogP contribution in [-0.2, 0) is 35.8 Å². The van der Waals surface area contributed by atoms with Gasteiger partial charge in [-0.25, -0.2) is 30.8 Å². The third-order valence-corrected chi connectivity index (χ3v) is 11.4. The van der Waals surface area contributed by atoms with Gasteiger partial charge in [0.1, 0.15) is 5.82 Å². The van der Waals surface area contributed by atoms with Gasteiger partial charge in [0.15, 0.2) is 28.0 Å². The number of nitrogens with one attached hydrogen (secondary N) is 1. The molecule has 1 aromatic heterocycles. The molecule has 0 radical (unpaired) electrons. The number of dihydropyridines is 1. The maximum absolute atomic E-state index is 15.6. The maximum Gasteiger partial charge on any atom is 0.519 e. The quantitative estimate of drug-likeness (QED) is 0.295. The van der Waals surface area contributed by atoms with Crippen molar-refractivity contribution in [3.8, 4) is 11.3 Å². The molecule has 14 heteroatoms. The Kier molecular flexibility index (Phi) is 7.34. The number of hydrogen-bond acceptors (Lipinski definition) is 10. The number of hydrogen-bond donors (Lipinski definition) is 1. The summed E-state index contributed by atoms with van der Waals surface area (Å²) in [5.41, 5.74) is -0.495. The molecular formula is C30H21ClFNO9S2. The first-order valence-electron chi connectivity index (χ1n) is 13.0. The topological polar surface area (TPSA) is 150 Å². The largest absolute Gasteiger partial charge is 0.519 e. The molecule has 0 fully saturated rings. The highest BCUT2D eigenvalue weighted by Crippen LogP contribution is 2.48. The summed E-state index contributed by atoms with van der Waals surface area (Å²) in [4.78, 5) is 24.2. The second-order valence-electron chi connectivity index (χ2n) is 9.93. The number of rotatable bonds is 5. The van der Waals surface area contributed by atoms with Crippen molar-refractivity contribution >= 4 is 37.2 Å². The molecule has 0 bridgehead atoms. The van der Waals surface area contributed by atoms with Gasteiger partial charge in [-0.1, -0.05) is 60.1 Å². The average molecular weight is 658 g/mol. The van der Waals surface area contributed by atoms with Crippen LogP contribution in [-0.4, -0.2) is 28.6 Å². The van der Waals surface area contributed by atoms with Gasteiger partial charge in [-0.2, -0.15) is 0 Å². The molecular weight excluding hydrogens is 637 g/mol. The van der Waals surface area contributed by atoms with Gasteiger partial charge >= 0.3 is 11.8 Å². The van der Waals surface area contributed by atoms with Gasteiger partial charge in [0.05, 0.1) is 31.9 Å². The Balaban J connectivity index is 1.49. The minimum absolute atomic E-state index is 0.00588. The van der Waals surface area contributed by atoms with Crippen molar-refractivity contribution in [3.63, 3.8) is 0 Å². The van der Waals surface area contributed by atoms with E-state index >= 15 is 4.39 Å². The molecule has 1 N–H and O–H groups in total. The van der Waals surface area contributed by atoms with Crippen molar-refractivity contribution in [3.05, 3.63) is 127 Å². The lowest BCUT2D eigenvalue weighted by atomic mass is 9.86. The van der Waals surface area contributed by atoms with Crippen LogP contribution in [0.2, 0.25) is 5.02 Å². The molecule has 3 heterocycles. The number of benzene rings is 3. The number of sulfone groups is 2. The number of halogens is 2. The predicted octanol–water partition coefficient (Wildman–Crippen LogP) is 4.87. The van der Waals surface area contributed by atoms with Crippen LogP contribution in [0.1, 0.15) is 24.2 Å². The molecule has 1 atom stereocenters. The van der Waals surface area contributed by atoms with E-state index in [1.165, 1.54) is 37.3 Å². The van der Waals surface area contributed by atoms with E-state index in [2.05, 4.69) is 5.32 Å². The summed E-state index contributed by atoms with van der Waals surface area (Å²) >= 11 is 6.43. The van der Waals surface area contributed by atoms with Gasteiger partial charge in [0.25, 0.3) is 0 Å². The number of carbonyl (C=O) groups is 1. The molecule has 44 heavy (non-hydrogen) atoms. The minimum atomic E-state index is -4.68.